The second-order valence-corrected chi connectivity index (χ2v) is 4.74. The summed E-state index contributed by atoms with van der Waals surface area (Å²) >= 11 is 0. The fourth-order valence-electron chi connectivity index (χ4n) is 2.09. The van der Waals surface area contributed by atoms with Crippen molar-refractivity contribution in [2.75, 3.05) is 13.2 Å². The Morgan fingerprint density at radius 1 is 1.12 bits per heavy atom. The fourth-order valence-corrected chi connectivity index (χ4v) is 2.09. The first-order valence-corrected chi connectivity index (χ1v) is 6.47. The van der Waals surface area contributed by atoms with Crippen molar-refractivity contribution >= 4 is 0 Å². The Morgan fingerprint density at radius 3 is 2.41 bits per heavy atom. The number of ether oxygens (including phenoxy) is 1. The highest BCUT2D eigenvalue weighted by Crippen LogP contribution is 2.23. The van der Waals surface area contributed by atoms with Gasteiger partial charge in [-0.05, 0) is 62.8 Å². The van der Waals surface area contributed by atoms with Crippen molar-refractivity contribution in [2.45, 2.75) is 46.6 Å². The molecule has 0 aliphatic heterocycles. The van der Waals surface area contributed by atoms with Gasteiger partial charge in [0.05, 0.1) is 0 Å². The third kappa shape index (κ3) is 4.14. The lowest BCUT2D eigenvalue weighted by Crippen LogP contribution is -2.13. The van der Waals surface area contributed by atoms with Gasteiger partial charge in [0.15, 0.2) is 0 Å². The number of benzene rings is 1. The van der Waals surface area contributed by atoms with E-state index in [1.54, 1.807) is 0 Å². The molecule has 0 bridgehead atoms. The van der Waals surface area contributed by atoms with Gasteiger partial charge in [-0.2, -0.15) is 0 Å². The summed E-state index contributed by atoms with van der Waals surface area (Å²) in [6.45, 7) is 10.1. The van der Waals surface area contributed by atoms with E-state index >= 15 is 0 Å². The van der Waals surface area contributed by atoms with Crippen LogP contribution in [0.2, 0.25) is 0 Å². The topological polar surface area (TPSA) is 35.2 Å². The molecule has 0 saturated heterocycles. The van der Waals surface area contributed by atoms with Crippen molar-refractivity contribution in [3.8, 4) is 0 Å². The normalized spacial score (nSPS) is 12.8. The average molecular weight is 235 g/mol. The van der Waals surface area contributed by atoms with E-state index in [2.05, 4.69) is 32.9 Å². The number of aryl methyl sites for hydroxylation is 3. The second-order valence-electron chi connectivity index (χ2n) is 4.74. The molecule has 0 aromatic heterocycles. The summed E-state index contributed by atoms with van der Waals surface area (Å²) in [5, 5.41) is 0. The zero-order valence-corrected chi connectivity index (χ0v) is 11.5. The van der Waals surface area contributed by atoms with Gasteiger partial charge in [0.1, 0.15) is 0 Å². The summed E-state index contributed by atoms with van der Waals surface area (Å²) < 4.78 is 5.34. The Morgan fingerprint density at radius 2 is 1.76 bits per heavy atom. The number of hydrogen-bond acceptors (Lipinski definition) is 2. The van der Waals surface area contributed by atoms with E-state index in [0.717, 1.165) is 26.1 Å². The van der Waals surface area contributed by atoms with Crippen molar-refractivity contribution in [3.05, 3.63) is 34.4 Å². The van der Waals surface area contributed by atoms with Crippen LogP contribution in [-0.4, -0.2) is 13.2 Å². The highest BCUT2D eigenvalue weighted by atomic mass is 16.5. The first kappa shape index (κ1) is 14.2. The smallest absolute Gasteiger partial charge is 0.0466 e. The van der Waals surface area contributed by atoms with E-state index in [4.69, 9.17) is 10.5 Å². The lowest BCUT2D eigenvalue weighted by atomic mass is 9.94. The third-order valence-electron chi connectivity index (χ3n) is 3.29. The van der Waals surface area contributed by atoms with E-state index in [9.17, 15) is 0 Å². The molecular formula is C15H25NO. The molecule has 1 rings (SSSR count). The minimum atomic E-state index is 0.134. The van der Waals surface area contributed by atoms with E-state index in [-0.39, 0.29) is 6.04 Å². The molecule has 0 spiro atoms. The fraction of sp³-hybridized carbons (Fsp3) is 0.600. The number of hydrogen-bond donors (Lipinski definition) is 1. The standard InChI is InChI=1S/C15H25NO/c1-5-17-8-6-7-15(16)14-10-12(3)11(2)9-13(14)4/h9-10,15H,5-8,16H2,1-4H3. The molecular weight excluding hydrogens is 210 g/mol. The Labute approximate surface area is 105 Å². The average Bonchev–Trinajstić information content (AvgIpc) is 2.29. The van der Waals surface area contributed by atoms with Gasteiger partial charge in [0.25, 0.3) is 0 Å². The van der Waals surface area contributed by atoms with Gasteiger partial charge in [-0.25, -0.2) is 0 Å². The van der Waals surface area contributed by atoms with Gasteiger partial charge in [0.2, 0.25) is 0 Å². The molecule has 1 aromatic rings. The molecule has 17 heavy (non-hydrogen) atoms. The van der Waals surface area contributed by atoms with Crippen molar-refractivity contribution < 1.29 is 4.74 Å². The Kier molecular flexibility index (Phi) is 5.66. The molecule has 0 aliphatic rings. The van der Waals surface area contributed by atoms with E-state index in [1.807, 2.05) is 6.92 Å². The lowest BCUT2D eigenvalue weighted by molar-refractivity contribution is 0.142. The molecule has 1 unspecified atom stereocenters. The van der Waals surface area contributed by atoms with Crippen LogP contribution in [-0.2, 0) is 4.74 Å². The SMILES string of the molecule is CCOCCCC(N)c1cc(C)c(C)cc1C. The highest BCUT2D eigenvalue weighted by Gasteiger charge is 2.10. The summed E-state index contributed by atoms with van der Waals surface area (Å²) in [6.07, 6.45) is 2.02. The van der Waals surface area contributed by atoms with Gasteiger partial charge in [-0.15, -0.1) is 0 Å². The Bertz CT molecular complexity index is 360. The lowest BCUT2D eigenvalue weighted by Gasteiger charge is -2.16. The van der Waals surface area contributed by atoms with Crippen molar-refractivity contribution in [1.82, 2.24) is 0 Å². The maximum absolute atomic E-state index is 6.24. The quantitative estimate of drug-likeness (QED) is 0.767. The van der Waals surface area contributed by atoms with Crippen LogP contribution in [0.4, 0.5) is 0 Å². The predicted molar refractivity (Wildman–Crippen MR) is 73.3 cm³/mol. The van der Waals surface area contributed by atoms with Gasteiger partial charge >= 0.3 is 0 Å². The molecule has 1 atom stereocenters. The van der Waals surface area contributed by atoms with Crippen LogP contribution in [0.3, 0.4) is 0 Å². The third-order valence-corrected chi connectivity index (χ3v) is 3.29. The molecule has 0 heterocycles. The maximum atomic E-state index is 6.24. The van der Waals surface area contributed by atoms with Crippen molar-refractivity contribution in [1.29, 1.82) is 0 Å². The summed E-state index contributed by atoms with van der Waals surface area (Å²) in [6, 6.07) is 4.60. The number of rotatable bonds is 6. The first-order chi connectivity index (χ1) is 8.06. The zero-order chi connectivity index (χ0) is 12.8. The van der Waals surface area contributed by atoms with Crippen LogP contribution in [0.25, 0.3) is 0 Å². The molecule has 0 fully saturated rings. The Hall–Kier alpha value is -0.860. The minimum absolute atomic E-state index is 0.134. The summed E-state index contributed by atoms with van der Waals surface area (Å²) in [7, 11) is 0. The molecule has 96 valence electrons. The second kappa shape index (κ2) is 6.77. The minimum Gasteiger partial charge on any atom is -0.382 e. The summed E-state index contributed by atoms with van der Waals surface area (Å²) in [5.41, 5.74) is 11.5. The monoisotopic (exact) mass is 235 g/mol. The van der Waals surface area contributed by atoms with Crippen LogP contribution in [0.5, 0.6) is 0 Å². The zero-order valence-electron chi connectivity index (χ0n) is 11.5. The van der Waals surface area contributed by atoms with Crippen LogP contribution >= 0.6 is 0 Å². The predicted octanol–water partition coefficient (Wildman–Crippen LogP) is 3.43. The highest BCUT2D eigenvalue weighted by molar-refractivity contribution is 5.38. The molecule has 1 aromatic carbocycles. The van der Waals surface area contributed by atoms with Gasteiger partial charge in [-0.1, -0.05) is 12.1 Å². The molecule has 2 N–H and O–H groups in total. The molecule has 0 aliphatic carbocycles. The van der Waals surface area contributed by atoms with Crippen LogP contribution in [0.15, 0.2) is 12.1 Å². The van der Waals surface area contributed by atoms with Gasteiger partial charge in [-0.3, -0.25) is 0 Å². The van der Waals surface area contributed by atoms with E-state index < -0.39 is 0 Å². The van der Waals surface area contributed by atoms with Crippen LogP contribution in [0, 0.1) is 20.8 Å². The molecule has 0 saturated carbocycles. The first-order valence-electron chi connectivity index (χ1n) is 6.47. The van der Waals surface area contributed by atoms with E-state index in [1.165, 1.54) is 22.3 Å². The molecule has 2 nitrogen and oxygen atoms in total. The molecule has 0 amide bonds. The van der Waals surface area contributed by atoms with Gasteiger partial charge < -0.3 is 10.5 Å². The van der Waals surface area contributed by atoms with Crippen molar-refractivity contribution in [2.24, 2.45) is 5.73 Å². The molecule has 2 heteroatoms. The van der Waals surface area contributed by atoms with Crippen molar-refractivity contribution in [3.63, 3.8) is 0 Å². The molecule has 0 radical (unpaired) electrons. The number of nitrogens with two attached hydrogens (primary N) is 1. The summed E-state index contributed by atoms with van der Waals surface area (Å²) in [5.74, 6) is 0. The largest absolute Gasteiger partial charge is 0.382 e. The van der Waals surface area contributed by atoms with Crippen LogP contribution in [0.1, 0.15) is 48.1 Å². The van der Waals surface area contributed by atoms with E-state index in [0.29, 0.717) is 0 Å². The Balaban J connectivity index is 2.62. The summed E-state index contributed by atoms with van der Waals surface area (Å²) in [4.78, 5) is 0. The van der Waals surface area contributed by atoms with Crippen LogP contribution < -0.4 is 5.73 Å². The maximum Gasteiger partial charge on any atom is 0.0466 e. The van der Waals surface area contributed by atoms with Gasteiger partial charge in [0, 0.05) is 19.3 Å².